The highest BCUT2D eigenvalue weighted by atomic mass is 16.1. The van der Waals surface area contributed by atoms with Gasteiger partial charge in [0.05, 0.1) is 5.69 Å². The molecule has 4 heteroatoms. The lowest BCUT2D eigenvalue weighted by Crippen LogP contribution is -2.20. The zero-order chi connectivity index (χ0) is 16.6. The largest absolute Gasteiger partial charge is 0.348 e. The average molecular weight is 315 g/mol. The number of hydrogen-bond acceptors (Lipinski definition) is 3. The first-order chi connectivity index (χ1) is 11.8. The second kappa shape index (κ2) is 7.83. The number of carbonyl (C=O) groups is 1. The fourth-order valence-corrected chi connectivity index (χ4v) is 2.25. The molecule has 0 saturated carbocycles. The molecular formula is C20H17N3O. The smallest absolute Gasteiger partial charge is 0.244 e. The van der Waals surface area contributed by atoms with Crippen LogP contribution in [0.15, 0.2) is 79.3 Å². The second-order valence-electron chi connectivity index (χ2n) is 5.25. The zero-order valence-corrected chi connectivity index (χ0v) is 13.1. The van der Waals surface area contributed by atoms with Gasteiger partial charge in [-0.05, 0) is 41.5 Å². The molecule has 3 rings (SSSR count). The lowest BCUT2D eigenvalue weighted by molar-refractivity contribution is -0.116. The van der Waals surface area contributed by atoms with Crippen LogP contribution < -0.4 is 5.32 Å². The third kappa shape index (κ3) is 4.36. The molecule has 118 valence electrons. The quantitative estimate of drug-likeness (QED) is 0.733. The molecule has 0 aliphatic heterocycles. The molecule has 0 aliphatic carbocycles. The van der Waals surface area contributed by atoms with Gasteiger partial charge in [0.2, 0.25) is 5.91 Å². The highest BCUT2D eigenvalue weighted by Crippen LogP contribution is 2.16. The first kappa shape index (κ1) is 15.6. The number of pyridine rings is 2. The van der Waals surface area contributed by atoms with Crippen molar-refractivity contribution in [1.82, 2.24) is 15.3 Å². The Morgan fingerprint density at radius 1 is 1.00 bits per heavy atom. The number of carbonyl (C=O) groups excluding carboxylic acids is 1. The van der Waals surface area contributed by atoms with Gasteiger partial charge in [-0.15, -0.1) is 0 Å². The van der Waals surface area contributed by atoms with Crippen molar-refractivity contribution in [2.75, 3.05) is 0 Å². The Bertz CT molecular complexity index is 830. The SMILES string of the molecule is O=C(C=Cc1ccccc1)NCc1ccnc(-c2ccncc2)c1. The van der Waals surface area contributed by atoms with E-state index >= 15 is 0 Å². The Hall–Kier alpha value is -3.27. The molecule has 0 saturated heterocycles. The summed E-state index contributed by atoms with van der Waals surface area (Å²) in [7, 11) is 0. The van der Waals surface area contributed by atoms with E-state index in [1.165, 1.54) is 0 Å². The molecule has 0 atom stereocenters. The molecule has 1 aromatic carbocycles. The van der Waals surface area contributed by atoms with Crippen molar-refractivity contribution >= 4 is 12.0 Å². The minimum atomic E-state index is -0.124. The van der Waals surface area contributed by atoms with Crippen LogP contribution >= 0.6 is 0 Å². The van der Waals surface area contributed by atoms with E-state index in [2.05, 4.69) is 15.3 Å². The third-order valence-corrected chi connectivity index (χ3v) is 3.49. The number of rotatable bonds is 5. The van der Waals surface area contributed by atoms with Crippen molar-refractivity contribution in [1.29, 1.82) is 0 Å². The first-order valence-corrected chi connectivity index (χ1v) is 7.67. The molecule has 1 amide bonds. The molecule has 0 spiro atoms. The molecule has 0 aliphatic rings. The van der Waals surface area contributed by atoms with Crippen LogP contribution in [0.4, 0.5) is 0 Å². The summed E-state index contributed by atoms with van der Waals surface area (Å²) in [5.41, 5.74) is 3.86. The van der Waals surface area contributed by atoms with Crippen LogP contribution in [0.2, 0.25) is 0 Å². The number of aromatic nitrogens is 2. The van der Waals surface area contributed by atoms with Crippen molar-refractivity contribution < 1.29 is 4.79 Å². The van der Waals surface area contributed by atoms with E-state index in [9.17, 15) is 4.79 Å². The van der Waals surface area contributed by atoms with Crippen molar-refractivity contribution in [3.05, 3.63) is 90.4 Å². The van der Waals surface area contributed by atoms with E-state index in [0.29, 0.717) is 6.54 Å². The van der Waals surface area contributed by atoms with Crippen LogP contribution in [-0.4, -0.2) is 15.9 Å². The van der Waals surface area contributed by atoms with Gasteiger partial charge in [0, 0.05) is 36.8 Å². The molecule has 0 bridgehead atoms. The molecule has 0 radical (unpaired) electrons. The van der Waals surface area contributed by atoms with Crippen LogP contribution in [0.3, 0.4) is 0 Å². The van der Waals surface area contributed by atoms with Gasteiger partial charge in [-0.1, -0.05) is 30.3 Å². The highest BCUT2D eigenvalue weighted by Gasteiger charge is 2.02. The molecule has 24 heavy (non-hydrogen) atoms. The fraction of sp³-hybridized carbons (Fsp3) is 0.0500. The van der Waals surface area contributed by atoms with E-state index in [0.717, 1.165) is 22.4 Å². The molecule has 1 N–H and O–H groups in total. The van der Waals surface area contributed by atoms with Crippen LogP contribution in [0.1, 0.15) is 11.1 Å². The molecular weight excluding hydrogens is 298 g/mol. The Balaban J connectivity index is 1.61. The van der Waals surface area contributed by atoms with E-state index < -0.39 is 0 Å². The van der Waals surface area contributed by atoms with Crippen molar-refractivity contribution in [2.24, 2.45) is 0 Å². The van der Waals surface area contributed by atoms with Crippen molar-refractivity contribution in [3.63, 3.8) is 0 Å². The number of amides is 1. The molecule has 3 aromatic rings. The van der Waals surface area contributed by atoms with Gasteiger partial charge in [0.1, 0.15) is 0 Å². The van der Waals surface area contributed by atoms with Crippen molar-refractivity contribution in [3.8, 4) is 11.3 Å². The predicted octanol–water partition coefficient (Wildman–Crippen LogP) is 3.47. The molecule has 4 nitrogen and oxygen atoms in total. The van der Waals surface area contributed by atoms with Gasteiger partial charge in [0.15, 0.2) is 0 Å². The minimum absolute atomic E-state index is 0.124. The van der Waals surface area contributed by atoms with Gasteiger partial charge in [-0.2, -0.15) is 0 Å². The van der Waals surface area contributed by atoms with Crippen LogP contribution in [-0.2, 0) is 11.3 Å². The summed E-state index contributed by atoms with van der Waals surface area (Å²) in [5.74, 6) is -0.124. The molecule has 2 aromatic heterocycles. The summed E-state index contributed by atoms with van der Waals surface area (Å²) in [5, 5.41) is 2.88. The Morgan fingerprint density at radius 2 is 1.79 bits per heavy atom. The lowest BCUT2D eigenvalue weighted by atomic mass is 10.1. The Labute approximate surface area is 140 Å². The highest BCUT2D eigenvalue weighted by molar-refractivity contribution is 5.91. The summed E-state index contributed by atoms with van der Waals surface area (Å²) in [6.07, 6.45) is 8.56. The van der Waals surface area contributed by atoms with E-state index in [1.54, 1.807) is 30.7 Å². The maximum atomic E-state index is 11.9. The van der Waals surface area contributed by atoms with E-state index in [-0.39, 0.29) is 5.91 Å². The summed E-state index contributed by atoms with van der Waals surface area (Å²) < 4.78 is 0. The van der Waals surface area contributed by atoms with E-state index in [4.69, 9.17) is 0 Å². The van der Waals surface area contributed by atoms with Gasteiger partial charge < -0.3 is 5.32 Å². The van der Waals surface area contributed by atoms with Crippen LogP contribution in [0.25, 0.3) is 17.3 Å². The van der Waals surface area contributed by atoms with E-state index in [1.807, 2.05) is 54.6 Å². The Morgan fingerprint density at radius 3 is 2.58 bits per heavy atom. The summed E-state index contributed by atoms with van der Waals surface area (Å²) >= 11 is 0. The van der Waals surface area contributed by atoms with Gasteiger partial charge in [-0.25, -0.2) is 0 Å². The monoisotopic (exact) mass is 315 g/mol. The number of benzene rings is 1. The maximum absolute atomic E-state index is 11.9. The fourth-order valence-electron chi connectivity index (χ4n) is 2.25. The average Bonchev–Trinajstić information content (AvgIpc) is 2.66. The van der Waals surface area contributed by atoms with Gasteiger partial charge in [-0.3, -0.25) is 14.8 Å². The van der Waals surface area contributed by atoms with Gasteiger partial charge >= 0.3 is 0 Å². The third-order valence-electron chi connectivity index (χ3n) is 3.49. The molecule has 2 heterocycles. The predicted molar refractivity (Wildman–Crippen MR) is 94.8 cm³/mol. The minimum Gasteiger partial charge on any atom is -0.348 e. The molecule has 0 fully saturated rings. The lowest BCUT2D eigenvalue weighted by Gasteiger charge is -2.05. The summed E-state index contributed by atoms with van der Waals surface area (Å²) in [6, 6.07) is 17.4. The number of nitrogens with one attached hydrogen (secondary N) is 1. The van der Waals surface area contributed by atoms with Crippen LogP contribution in [0.5, 0.6) is 0 Å². The van der Waals surface area contributed by atoms with Crippen molar-refractivity contribution in [2.45, 2.75) is 6.54 Å². The zero-order valence-electron chi connectivity index (χ0n) is 13.1. The first-order valence-electron chi connectivity index (χ1n) is 7.67. The van der Waals surface area contributed by atoms with Crippen LogP contribution in [0, 0.1) is 0 Å². The normalized spacial score (nSPS) is 10.7. The topological polar surface area (TPSA) is 54.9 Å². The second-order valence-corrected chi connectivity index (χ2v) is 5.25. The number of hydrogen-bond donors (Lipinski definition) is 1. The summed E-state index contributed by atoms with van der Waals surface area (Å²) in [4.78, 5) is 20.3. The number of nitrogens with zero attached hydrogens (tertiary/aromatic N) is 2. The standard InChI is InChI=1S/C20H17N3O/c24-20(7-6-16-4-2-1-3-5-16)23-15-17-8-13-22-19(14-17)18-9-11-21-12-10-18/h1-14H,15H2,(H,23,24). The molecule has 0 unspecified atom stereocenters. The Kier molecular flexibility index (Phi) is 5.10. The maximum Gasteiger partial charge on any atom is 0.244 e. The van der Waals surface area contributed by atoms with Gasteiger partial charge in [0.25, 0.3) is 0 Å². The summed E-state index contributed by atoms with van der Waals surface area (Å²) in [6.45, 7) is 0.457.